The molecular weight excluding hydrogens is 486 g/mol. The number of pyridine rings is 1. The lowest BCUT2D eigenvalue weighted by Crippen LogP contribution is -2.46. The van der Waals surface area contributed by atoms with Gasteiger partial charge >= 0.3 is 6.18 Å². The minimum absolute atomic E-state index is 0.0459. The third-order valence-corrected chi connectivity index (χ3v) is 7.03. The maximum absolute atomic E-state index is 15.1. The molecule has 0 unspecified atom stereocenters. The van der Waals surface area contributed by atoms with Crippen molar-refractivity contribution in [2.24, 2.45) is 0 Å². The summed E-state index contributed by atoms with van der Waals surface area (Å²) in [4.78, 5) is 11.1. The molecule has 0 saturated carbocycles. The molecule has 0 aliphatic carbocycles. The molecule has 0 radical (unpaired) electrons. The van der Waals surface area contributed by atoms with Crippen LogP contribution in [0.25, 0.3) is 22.4 Å². The molecule has 1 fully saturated rings. The molecule has 0 atom stereocenters. The minimum Gasteiger partial charge on any atom is -0.356 e. The van der Waals surface area contributed by atoms with E-state index in [1.807, 2.05) is 0 Å². The van der Waals surface area contributed by atoms with Gasteiger partial charge < -0.3 is 14.7 Å². The molecule has 0 bridgehead atoms. The number of hydrogen-bond acceptors (Lipinski definition) is 6. The maximum atomic E-state index is 15.1. The van der Waals surface area contributed by atoms with E-state index in [4.69, 9.17) is 4.52 Å². The zero-order chi connectivity index (χ0) is 26.7. The number of benzene rings is 1. The van der Waals surface area contributed by atoms with Gasteiger partial charge in [-0.15, -0.1) is 0 Å². The summed E-state index contributed by atoms with van der Waals surface area (Å²) in [6.07, 6.45) is 0.717. The van der Waals surface area contributed by atoms with Crippen LogP contribution < -0.4 is 10.2 Å². The fourth-order valence-electron chi connectivity index (χ4n) is 5.34. The Morgan fingerprint density at radius 2 is 1.76 bits per heavy atom. The topological polar surface area (TPSA) is 67.1 Å². The van der Waals surface area contributed by atoms with Gasteiger partial charge in [-0.05, 0) is 62.8 Å². The summed E-state index contributed by atoms with van der Waals surface area (Å²) in [5.74, 6) is 0.409. The molecular formula is C27H35F4N5O. The minimum atomic E-state index is -4.44. The Balaban J connectivity index is 1.69. The average molecular weight is 522 g/mol. The number of halogens is 4. The number of nitrogens with zero attached hydrogens (tertiary/aromatic N) is 4. The highest BCUT2D eigenvalue weighted by molar-refractivity contribution is 5.93. The van der Waals surface area contributed by atoms with Crippen LogP contribution in [0.3, 0.4) is 0 Å². The van der Waals surface area contributed by atoms with E-state index in [1.54, 1.807) is 13.8 Å². The molecule has 2 aromatic heterocycles. The Bertz CT molecular complexity index is 1210. The van der Waals surface area contributed by atoms with Crippen LogP contribution in [0.5, 0.6) is 0 Å². The quantitative estimate of drug-likeness (QED) is 0.317. The van der Waals surface area contributed by atoms with Crippen LogP contribution in [0.4, 0.5) is 23.4 Å². The monoisotopic (exact) mass is 521 g/mol. The van der Waals surface area contributed by atoms with E-state index < -0.39 is 18.4 Å². The van der Waals surface area contributed by atoms with Gasteiger partial charge in [0.1, 0.15) is 17.2 Å². The van der Waals surface area contributed by atoms with E-state index in [9.17, 15) is 13.2 Å². The number of piperidine rings is 1. The third-order valence-electron chi connectivity index (χ3n) is 7.03. The zero-order valence-corrected chi connectivity index (χ0v) is 21.9. The molecule has 1 aliphatic heterocycles. The normalized spacial score (nSPS) is 15.3. The van der Waals surface area contributed by atoms with Crippen molar-refractivity contribution >= 4 is 16.7 Å². The number of nitrogens with one attached hydrogen (secondary N) is 1. The number of aromatic nitrogens is 3. The van der Waals surface area contributed by atoms with Gasteiger partial charge in [0.05, 0.1) is 12.0 Å². The summed E-state index contributed by atoms with van der Waals surface area (Å²) in [6.45, 7) is 9.24. The Labute approximate surface area is 214 Å². The molecule has 1 aromatic carbocycles. The molecule has 1 saturated heterocycles. The van der Waals surface area contributed by atoms with E-state index in [-0.39, 0.29) is 17.0 Å². The van der Waals surface area contributed by atoms with Crippen molar-refractivity contribution in [1.82, 2.24) is 20.4 Å². The van der Waals surface area contributed by atoms with Gasteiger partial charge in [0.25, 0.3) is 5.89 Å². The smallest absolute Gasteiger partial charge is 0.356 e. The van der Waals surface area contributed by atoms with Crippen LogP contribution in [0, 0.1) is 19.7 Å². The second kappa shape index (κ2) is 11.3. The van der Waals surface area contributed by atoms with E-state index in [1.165, 1.54) is 6.07 Å². The van der Waals surface area contributed by atoms with Gasteiger partial charge in [0.2, 0.25) is 0 Å². The summed E-state index contributed by atoms with van der Waals surface area (Å²) >= 11 is 0. The van der Waals surface area contributed by atoms with E-state index in [0.29, 0.717) is 53.3 Å². The van der Waals surface area contributed by atoms with Gasteiger partial charge in [0.15, 0.2) is 5.82 Å². The van der Waals surface area contributed by atoms with Crippen molar-refractivity contribution in [1.29, 1.82) is 0 Å². The first-order valence-corrected chi connectivity index (χ1v) is 13.1. The Kier molecular flexibility index (Phi) is 8.36. The van der Waals surface area contributed by atoms with Gasteiger partial charge in [-0.25, -0.2) is 9.37 Å². The number of fused-ring (bicyclic) bond motifs is 1. The lowest BCUT2D eigenvalue weighted by molar-refractivity contribution is -0.127. The summed E-state index contributed by atoms with van der Waals surface area (Å²) in [7, 11) is 0. The second-order valence-corrected chi connectivity index (χ2v) is 10.1. The average Bonchev–Trinajstić information content (AvgIpc) is 3.25. The van der Waals surface area contributed by atoms with Crippen LogP contribution in [0.15, 0.2) is 16.7 Å². The van der Waals surface area contributed by atoms with Crippen molar-refractivity contribution in [3.8, 4) is 11.5 Å². The Morgan fingerprint density at radius 3 is 2.32 bits per heavy atom. The molecule has 0 spiro atoms. The molecule has 3 heterocycles. The Morgan fingerprint density at radius 1 is 1.08 bits per heavy atom. The second-order valence-electron chi connectivity index (χ2n) is 10.1. The molecule has 1 aliphatic rings. The number of rotatable bonds is 9. The van der Waals surface area contributed by atoms with E-state index >= 15 is 4.39 Å². The van der Waals surface area contributed by atoms with Crippen LogP contribution in [0.1, 0.15) is 69.3 Å². The van der Waals surface area contributed by atoms with E-state index in [0.717, 1.165) is 44.6 Å². The number of hydrogen-bond donors (Lipinski definition) is 1. The molecule has 4 rings (SSSR count). The van der Waals surface area contributed by atoms with Gasteiger partial charge in [-0.2, -0.15) is 18.2 Å². The van der Waals surface area contributed by atoms with E-state index in [2.05, 4.69) is 39.2 Å². The van der Waals surface area contributed by atoms with Crippen LogP contribution in [-0.4, -0.2) is 46.5 Å². The highest BCUT2D eigenvalue weighted by atomic mass is 19.4. The Hall–Kier alpha value is -2.75. The molecule has 0 amide bonds. The van der Waals surface area contributed by atoms with Crippen LogP contribution in [0.2, 0.25) is 0 Å². The molecule has 6 nitrogen and oxygen atoms in total. The first-order chi connectivity index (χ1) is 17.6. The number of anilines is 1. The molecule has 3 aromatic rings. The van der Waals surface area contributed by atoms with Crippen molar-refractivity contribution in [3.63, 3.8) is 0 Å². The first kappa shape index (κ1) is 27.3. The summed E-state index contributed by atoms with van der Waals surface area (Å²) < 4.78 is 59.7. The fourth-order valence-corrected chi connectivity index (χ4v) is 5.34. The summed E-state index contributed by atoms with van der Waals surface area (Å²) in [5, 5.41) is 8.03. The molecule has 202 valence electrons. The van der Waals surface area contributed by atoms with Crippen LogP contribution >= 0.6 is 0 Å². The zero-order valence-electron chi connectivity index (χ0n) is 21.9. The standard InChI is InChI=1S/C27H35F4N5O/c1-5-7-19(8-6-2)33-20-9-11-36(12-10-20)25-23(26-32-17(4)35-37-26)16(3)21-13-18(15-27(29,30)31)14-22(28)24(21)34-25/h13-14,19-20,33H,5-12,15H2,1-4H3. The van der Waals surface area contributed by atoms with Gasteiger partial charge in [-0.3, -0.25) is 0 Å². The van der Waals surface area contributed by atoms with Crippen molar-refractivity contribution in [2.45, 2.75) is 90.9 Å². The van der Waals surface area contributed by atoms with Crippen molar-refractivity contribution in [3.05, 3.63) is 34.9 Å². The van der Waals surface area contributed by atoms with Crippen LogP contribution in [-0.2, 0) is 6.42 Å². The predicted molar refractivity (Wildman–Crippen MR) is 136 cm³/mol. The highest BCUT2D eigenvalue weighted by Gasteiger charge is 2.31. The van der Waals surface area contributed by atoms with Crippen molar-refractivity contribution < 1.29 is 22.1 Å². The third kappa shape index (κ3) is 6.40. The summed E-state index contributed by atoms with van der Waals surface area (Å²) in [6, 6.07) is 3.18. The van der Waals surface area contributed by atoms with Gasteiger partial charge in [0, 0.05) is 30.6 Å². The van der Waals surface area contributed by atoms with Crippen molar-refractivity contribution in [2.75, 3.05) is 18.0 Å². The lowest BCUT2D eigenvalue weighted by atomic mass is 9.97. The SMILES string of the molecule is CCCC(CCC)NC1CCN(c2nc3c(F)cc(CC(F)(F)F)cc3c(C)c2-c2nc(C)no2)CC1. The molecule has 10 heteroatoms. The maximum Gasteiger partial charge on any atom is 0.393 e. The largest absolute Gasteiger partial charge is 0.393 e. The highest BCUT2D eigenvalue weighted by Crippen LogP contribution is 2.38. The lowest BCUT2D eigenvalue weighted by Gasteiger charge is -2.36. The molecule has 37 heavy (non-hydrogen) atoms. The predicted octanol–water partition coefficient (Wildman–Crippen LogP) is 6.67. The first-order valence-electron chi connectivity index (χ1n) is 13.1. The summed E-state index contributed by atoms with van der Waals surface area (Å²) in [5.41, 5.74) is 1.00. The molecule has 1 N–H and O–H groups in total. The fraction of sp³-hybridized carbons (Fsp3) is 0.593. The number of aryl methyl sites for hydroxylation is 2. The number of alkyl halides is 3. The van der Waals surface area contributed by atoms with Gasteiger partial charge in [-0.1, -0.05) is 31.8 Å².